The fourth-order valence-electron chi connectivity index (χ4n) is 5.10. The highest BCUT2D eigenvalue weighted by Gasteiger charge is 2.05. The van der Waals surface area contributed by atoms with Gasteiger partial charge < -0.3 is 72.0 Å². The Morgan fingerprint density at radius 3 is 0.967 bits per heavy atom. The van der Waals surface area contributed by atoms with Gasteiger partial charge >= 0.3 is 11.9 Å². The maximum Gasteiger partial charge on any atom is 0.305 e. The smallest absolute Gasteiger partial charge is 0.305 e. The van der Waals surface area contributed by atoms with Crippen molar-refractivity contribution in [2.24, 2.45) is 0 Å². The van der Waals surface area contributed by atoms with Crippen LogP contribution in [0, 0.1) is 0 Å². The lowest BCUT2D eigenvalue weighted by Gasteiger charge is -2.09. The Morgan fingerprint density at radius 2 is 0.639 bits per heavy atom. The van der Waals surface area contributed by atoms with E-state index in [2.05, 4.69) is 12.2 Å². The van der Waals surface area contributed by atoms with Crippen LogP contribution in [0.25, 0.3) is 0 Å². The number of ether oxygens (including phenoxy) is 13. The first-order valence-electron chi connectivity index (χ1n) is 22.6. The summed E-state index contributed by atoms with van der Waals surface area (Å²) >= 11 is 0. The van der Waals surface area contributed by atoms with Crippen molar-refractivity contribution >= 4 is 17.8 Å². The molecule has 0 aromatic heterocycles. The summed E-state index contributed by atoms with van der Waals surface area (Å²) in [5.41, 5.74) is 0. The molecule has 0 atom stereocenters. The van der Waals surface area contributed by atoms with Gasteiger partial charge in [-0.3, -0.25) is 14.4 Å². The topological polar surface area (TPSA) is 203 Å². The third-order valence-corrected chi connectivity index (χ3v) is 8.42. The Kier molecular flexibility index (Phi) is 50.5. The molecule has 0 spiro atoms. The second-order valence-corrected chi connectivity index (χ2v) is 13.7. The minimum absolute atomic E-state index is 0.0139. The molecule has 0 radical (unpaired) electrons. The van der Waals surface area contributed by atoms with Gasteiger partial charge in [0.05, 0.1) is 158 Å². The lowest BCUT2D eigenvalue weighted by molar-refractivity contribution is -0.145. The zero-order chi connectivity index (χ0) is 44.2. The maximum absolute atomic E-state index is 11.8. The van der Waals surface area contributed by atoms with Crippen LogP contribution in [0.4, 0.5) is 0 Å². The average molecular weight is 886 g/mol. The second-order valence-electron chi connectivity index (χ2n) is 13.7. The first kappa shape index (κ1) is 58.9. The SMILES string of the molecule is CCCCCCCCCCCC(=O)OCCOCCOCCOCCOCCOCCOCCOCCOCCOCCOCCOCCOCCCNC(=O)CCC(=O)O. The van der Waals surface area contributed by atoms with Crippen LogP contribution in [-0.2, 0) is 76.0 Å². The Bertz CT molecular complexity index is 920. The fourth-order valence-corrected chi connectivity index (χ4v) is 5.10. The maximum atomic E-state index is 11.8. The zero-order valence-electron chi connectivity index (χ0n) is 37.6. The number of rotatable bonds is 53. The summed E-state index contributed by atoms with van der Waals surface area (Å²) in [6, 6.07) is 0. The molecule has 0 aromatic rings. The minimum Gasteiger partial charge on any atom is -0.481 e. The zero-order valence-corrected chi connectivity index (χ0v) is 37.6. The molecule has 2 N–H and O–H groups in total. The number of esters is 1. The van der Waals surface area contributed by atoms with Gasteiger partial charge in [0.15, 0.2) is 0 Å². The van der Waals surface area contributed by atoms with Gasteiger partial charge in [0.25, 0.3) is 0 Å². The van der Waals surface area contributed by atoms with E-state index in [9.17, 15) is 14.4 Å². The van der Waals surface area contributed by atoms with Gasteiger partial charge in [-0.25, -0.2) is 0 Å². The van der Waals surface area contributed by atoms with Gasteiger partial charge in [-0.1, -0.05) is 58.3 Å². The highest BCUT2D eigenvalue weighted by Crippen LogP contribution is 2.10. The third-order valence-electron chi connectivity index (χ3n) is 8.42. The third kappa shape index (κ3) is 54.0. The fraction of sp³-hybridized carbons (Fsp3) is 0.930. The molecule has 0 aliphatic rings. The van der Waals surface area contributed by atoms with Crippen LogP contribution in [-0.4, -0.2) is 195 Å². The van der Waals surface area contributed by atoms with Crippen molar-refractivity contribution < 1.29 is 81.1 Å². The van der Waals surface area contributed by atoms with Crippen LogP contribution in [0.5, 0.6) is 0 Å². The Hall–Kier alpha value is -2.07. The summed E-state index contributed by atoms with van der Waals surface area (Å²) in [5, 5.41) is 11.2. The summed E-state index contributed by atoms with van der Waals surface area (Å²) in [6.45, 7) is 14.2. The molecule has 18 heteroatoms. The molecule has 362 valence electrons. The molecule has 0 unspecified atom stereocenters. The largest absolute Gasteiger partial charge is 0.481 e. The summed E-state index contributed by atoms with van der Waals surface area (Å²) < 4.78 is 70.9. The number of amides is 1. The van der Waals surface area contributed by atoms with Gasteiger partial charge in [0.1, 0.15) is 6.61 Å². The number of carbonyl (C=O) groups excluding carboxylic acids is 2. The van der Waals surface area contributed by atoms with Crippen molar-refractivity contribution in [3.8, 4) is 0 Å². The molecule has 0 rings (SSSR count). The summed E-state index contributed by atoms with van der Waals surface area (Å²) in [7, 11) is 0. The number of aliphatic carboxylic acids is 1. The van der Waals surface area contributed by atoms with E-state index in [1.807, 2.05) is 0 Å². The van der Waals surface area contributed by atoms with E-state index in [4.69, 9.17) is 66.7 Å². The van der Waals surface area contributed by atoms with Gasteiger partial charge in [-0.05, 0) is 12.8 Å². The molecule has 0 saturated heterocycles. The predicted molar refractivity (Wildman–Crippen MR) is 227 cm³/mol. The molecule has 0 aliphatic heterocycles. The van der Waals surface area contributed by atoms with Gasteiger partial charge in [-0.2, -0.15) is 0 Å². The van der Waals surface area contributed by atoms with Crippen LogP contribution in [0.2, 0.25) is 0 Å². The van der Waals surface area contributed by atoms with Crippen molar-refractivity contribution in [1.29, 1.82) is 0 Å². The molecular weight excluding hydrogens is 802 g/mol. The normalized spacial score (nSPS) is 11.4. The number of hydrogen-bond acceptors (Lipinski definition) is 16. The van der Waals surface area contributed by atoms with Crippen molar-refractivity contribution in [1.82, 2.24) is 5.32 Å². The molecule has 0 saturated carbocycles. The number of carboxylic acids is 1. The van der Waals surface area contributed by atoms with E-state index in [-0.39, 0.29) is 31.3 Å². The lowest BCUT2D eigenvalue weighted by atomic mass is 10.1. The predicted octanol–water partition coefficient (Wildman–Crippen LogP) is 4.02. The minimum atomic E-state index is -0.985. The molecule has 0 fully saturated rings. The Balaban J connectivity index is 3.13. The van der Waals surface area contributed by atoms with E-state index >= 15 is 0 Å². The second kappa shape index (κ2) is 52.3. The Labute approximate surface area is 365 Å². The summed E-state index contributed by atoms with van der Waals surface area (Å²) in [5.74, 6) is -1.40. The molecule has 0 bridgehead atoms. The first-order chi connectivity index (χ1) is 30.1. The van der Waals surface area contributed by atoms with Crippen LogP contribution in [0.3, 0.4) is 0 Å². The number of carboxylic acid groups (broad SMARTS) is 1. The van der Waals surface area contributed by atoms with Crippen molar-refractivity contribution in [2.75, 3.05) is 172 Å². The summed E-state index contributed by atoms with van der Waals surface area (Å²) in [4.78, 5) is 33.6. The van der Waals surface area contributed by atoms with E-state index in [1.54, 1.807) is 0 Å². The van der Waals surface area contributed by atoms with Crippen LogP contribution in [0.1, 0.15) is 90.4 Å². The van der Waals surface area contributed by atoms with Gasteiger partial charge in [0.2, 0.25) is 5.91 Å². The van der Waals surface area contributed by atoms with E-state index < -0.39 is 5.97 Å². The van der Waals surface area contributed by atoms with E-state index in [1.165, 1.54) is 44.9 Å². The average Bonchev–Trinajstić information content (AvgIpc) is 3.25. The lowest BCUT2D eigenvalue weighted by Crippen LogP contribution is -2.25. The monoisotopic (exact) mass is 886 g/mol. The number of hydrogen-bond donors (Lipinski definition) is 2. The van der Waals surface area contributed by atoms with Gasteiger partial charge in [-0.15, -0.1) is 0 Å². The summed E-state index contributed by atoms with van der Waals surface area (Å²) in [6.07, 6.45) is 12.0. The van der Waals surface area contributed by atoms with Crippen LogP contribution >= 0.6 is 0 Å². The molecule has 61 heavy (non-hydrogen) atoms. The quantitative estimate of drug-likeness (QED) is 0.0654. The highest BCUT2D eigenvalue weighted by molar-refractivity contribution is 5.80. The highest BCUT2D eigenvalue weighted by atomic mass is 16.6. The molecule has 1 amide bonds. The Morgan fingerprint density at radius 1 is 0.344 bits per heavy atom. The van der Waals surface area contributed by atoms with Gasteiger partial charge in [0, 0.05) is 26.0 Å². The first-order valence-corrected chi connectivity index (χ1v) is 22.6. The van der Waals surface area contributed by atoms with Crippen LogP contribution in [0.15, 0.2) is 0 Å². The molecule has 0 heterocycles. The van der Waals surface area contributed by atoms with E-state index in [0.717, 1.165) is 12.8 Å². The number of nitrogens with one attached hydrogen (secondary N) is 1. The number of carbonyl (C=O) groups is 3. The van der Waals surface area contributed by atoms with E-state index in [0.29, 0.717) is 178 Å². The number of unbranched alkanes of at least 4 members (excludes halogenated alkanes) is 8. The molecule has 18 nitrogen and oxygen atoms in total. The van der Waals surface area contributed by atoms with Crippen molar-refractivity contribution in [3.05, 3.63) is 0 Å². The molecule has 0 aliphatic carbocycles. The standard InChI is InChI=1S/C43H83NO17/c1-2-3-4-5-6-7-8-9-10-12-43(48)61-40-39-60-38-37-59-36-35-58-34-33-57-32-31-56-30-29-55-28-27-54-26-25-53-24-23-52-22-21-51-20-19-50-18-17-49-16-11-15-44-41(45)13-14-42(46)47/h2-40H2,1H3,(H,44,45)(H,46,47). The van der Waals surface area contributed by atoms with Crippen LogP contribution < -0.4 is 5.32 Å². The van der Waals surface area contributed by atoms with Crippen molar-refractivity contribution in [3.63, 3.8) is 0 Å². The molecular formula is C43H83NO17. The molecule has 0 aromatic carbocycles. The van der Waals surface area contributed by atoms with Crippen molar-refractivity contribution in [2.45, 2.75) is 90.4 Å².